The Morgan fingerprint density at radius 3 is 2.25 bits per heavy atom. The number of nitro groups is 1. The molecule has 0 heterocycles. The van der Waals surface area contributed by atoms with Gasteiger partial charge in [-0.3, -0.25) is 14.9 Å². The van der Waals surface area contributed by atoms with Gasteiger partial charge in [-0.15, -0.1) is 0 Å². The van der Waals surface area contributed by atoms with Crippen molar-refractivity contribution < 1.29 is 19.2 Å². The van der Waals surface area contributed by atoms with E-state index in [-0.39, 0.29) is 17.0 Å². The van der Waals surface area contributed by atoms with Gasteiger partial charge in [-0.05, 0) is 38.8 Å². The van der Waals surface area contributed by atoms with Gasteiger partial charge in [0.05, 0.1) is 10.5 Å². The lowest BCUT2D eigenvalue weighted by atomic mass is 9.65. The molecule has 0 aliphatic heterocycles. The van der Waals surface area contributed by atoms with E-state index in [0.717, 1.165) is 5.57 Å². The second-order valence-electron chi connectivity index (χ2n) is 6.79. The van der Waals surface area contributed by atoms with Crippen molar-refractivity contribution in [1.29, 1.82) is 0 Å². The monoisotopic (exact) mass is 331 g/mol. The highest BCUT2D eigenvalue weighted by Crippen LogP contribution is 2.45. The molecule has 1 aromatic rings. The van der Waals surface area contributed by atoms with Crippen LogP contribution < -0.4 is 0 Å². The van der Waals surface area contributed by atoms with Crippen LogP contribution in [0.25, 0.3) is 0 Å². The van der Waals surface area contributed by atoms with E-state index >= 15 is 0 Å². The summed E-state index contributed by atoms with van der Waals surface area (Å²) in [4.78, 5) is 35.0. The maximum Gasteiger partial charge on any atom is 0.339 e. The summed E-state index contributed by atoms with van der Waals surface area (Å²) in [6.07, 6.45) is 3.08. The molecule has 0 bridgehead atoms. The van der Waals surface area contributed by atoms with E-state index < -0.39 is 21.9 Å². The summed E-state index contributed by atoms with van der Waals surface area (Å²) in [5, 5.41) is 10.7. The van der Waals surface area contributed by atoms with E-state index in [1.54, 1.807) is 0 Å². The number of nitro benzene ring substituents is 1. The number of rotatable bonds is 4. The summed E-state index contributed by atoms with van der Waals surface area (Å²) in [7, 11) is 0. The zero-order valence-electron chi connectivity index (χ0n) is 14.3. The van der Waals surface area contributed by atoms with Gasteiger partial charge >= 0.3 is 5.97 Å². The third-order valence-corrected chi connectivity index (χ3v) is 4.67. The van der Waals surface area contributed by atoms with E-state index in [0.29, 0.717) is 12.8 Å². The maximum absolute atomic E-state index is 12.5. The Morgan fingerprint density at radius 2 is 1.79 bits per heavy atom. The molecule has 0 saturated heterocycles. The second-order valence-corrected chi connectivity index (χ2v) is 6.79. The van der Waals surface area contributed by atoms with Crippen LogP contribution in [-0.4, -0.2) is 22.3 Å². The van der Waals surface area contributed by atoms with Gasteiger partial charge in [-0.25, -0.2) is 4.79 Å². The van der Waals surface area contributed by atoms with E-state index in [9.17, 15) is 19.7 Å². The molecule has 128 valence electrons. The van der Waals surface area contributed by atoms with E-state index in [1.807, 2.05) is 26.8 Å². The molecule has 0 amide bonds. The SMILES string of the molecule is CC(=O)C1(OC(=O)c2ccc([N+](=O)[O-])cc2)CCC(C)=CC1(C)C. The van der Waals surface area contributed by atoms with Crippen molar-refractivity contribution in [3.63, 3.8) is 0 Å². The molecule has 6 nitrogen and oxygen atoms in total. The van der Waals surface area contributed by atoms with Crippen molar-refractivity contribution >= 4 is 17.4 Å². The zero-order valence-corrected chi connectivity index (χ0v) is 14.3. The van der Waals surface area contributed by atoms with Crippen LogP contribution in [0.4, 0.5) is 5.69 Å². The van der Waals surface area contributed by atoms with Gasteiger partial charge in [-0.2, -0.15) is 0 Å². The number of nitrogens with zero attached hydrogens (tertiary/aromatic N) is 1. The first kappa shape index (κ1) is 17.8. The Labute approximate surface area is 140 Å². The number of esters is 1. The van der Waals surface area contributed by atoms with Crippen LogP contribution >= 0.6 is 0 Å². The molecule has 1 unspecified atom stereocenters. The number of hydrogen-bond acceptors (Lipinski definition) is 5. The molecule has 1 aliphatic rings. The topological polar surface area (TPSA) is 86.5 Å². The average molecular weight is 331 g/mol. The lowest BCUT2D eigenvalue weighted by Gasteiger charge is -2.45. The molecule has 0 radical (unpaired) electrons. The minimum Gasteiger partial charge on any atom is -0.447 e. The quantitative estimate of drug-likeness (QED) is 0.362. The Balaban J connectivity index is 2.33. The highest BCUT2D eigenvalue weighted by molar-refractivity contribution is 5.95. The largest absolute Gasteiger partial charge is 0.447 e. The predicted molar refractivity (Wildman–Crippen MR) is 88.7 cm³/mol. The maximum atomic E-state index is 12.5. The molecular formula is C18H21NO5. The Bertz CT molecular complexity index is 717. The normalized spacial score (nSPS) is 22.4. The highest BCUT2D eigenvalue weighted by atomic mass is 16.6. The van der Waals surface area contributed by atoms with E-state index in [1.165, 1.54) is 31.2 Å². The first-order chi connectivity index (χ1) is 11.1. The van der Waals surface area contributed by atoms with Crippen molar-refractivity contribution in [1.82, 2.24) is 0 Å². The summed E-state index contributed by atoms with van der Waals surface area (Å²) in [6.45, 7) is 7.17. The molecular weight excluding hydrogens is 310 g/mol. The van der Waals surface area contributed by atoms with Gasteiger partial charge in [0.25, 0.3) is 5.69 Å². The van der Waals surface area contributed by atoms with Crippen LogP contribution in [-0.2, 0) is 9.53 Å². The molecule has 2 rings (SSSR count). The average Bonchev–Trinajstić information content (AvgIpc) is 2.49. The Hall–Kier alpha value is -2.50. The van der Waals surface area contributed by atoms with E-state index in [4.69, 9.17) is 4.74 Å². The number of non-ortho nitro benzene ring substituents is 1. The number of allylic oxidation sites excluding steroid dienone is 1. The first-order valence-corrected chi connectivity index (χ1v) is 7.76. The fraction of sp³-hybridized carbons (Fsp3) is 0.444. The molecule has 1 aromatic carbocycles. The Morgan fingerprint density at radius 1 is 1.21 bits per heavy atom. The predicted octanol–water partition coefficient (Wildman–Crippen LogP) is 3.85. The smallest absolute Gasteiger partial charge is 0.339 e. The molecule has 0 saturated carbocycles. The number of benzene rings is 1. The summed E-state index contributed by atoms with van der Waals surface area (Å²) >= 11 is 0. The van der Waals surface area contributed by atoms with Gasteiger partial charge in [0.15, 0.2) is 11.4 Å². The van der Waals surface area contributed by atoms with Crippen LogP contribution in [0.2, 0.25) is 0 Å². The van der Waals surface area contributed by atoms with Crippen molar-refractivity contribution in [2.45, 2.75) is 46.1 Å². The van der Waals surface area contributed by atoms with Crippen molar-refractivity contribution in [3.8, 4) is 0 Å². The van der Waals surface area contributed by atoms with Gasteiger partial charge in [0, 0.05) is 17.5 Å². The van der Waals surface area contributed by atoms with E-state index in [2.05, 4.69) is 0 Å². The number of Topliss-reactive ketones (excluding diaryl/α,β-unsaturated/α-hetero) is 1. The van der Waals surface area contributed by atoms with Crippen molar-refractivity contribution in [3.05, 3.63) is 51.6 Å². The number of ether oxygens (including phenoxy) is 1. The van der Waals surface area contributed by atoms with Crippen LogP contribution in [0.15, 0.2) is 35.9 Å². The second kappa shape index (κ2) is 6.19. The van der Waals surface area contributed by atoms with Crippen LogP contribution in [0.5, 0.6) is 0 Å². The summed E-state index contributed by atoms with van der Waals surface area (Å²) in [6, 6.07) is 5.16. The standard InChI is InChI=1S/C18H21NO5/c1-12-9-10-18(13(2)20,17(3,4)11-12)24-16(21)14-5-7-15(8-6-14)19(22)23/h5-8,11H,9-10H2,1-4H3. The van der Waals surface area contributed by atoms with Crippen LogP contribution in [0.1, 0.15) is 50.9 Å². The molecule has 0 N–H and O–H groups in total. The molecule has 1 atom stereocenters. The third-order valence-electron chi connectivity index (χ3n) is 4.67. The van der Waals surface area contributed by atoms with Gasteiger partial charge in [-0.1, -0.05) is 25.5 Å². The summed E-state index contributed by atoms with van der Waals surface area (Å²) in [5.74, 6) is -0.854. The first-order valence-electron chi connectivity index (χ1n) is 7.76. The molecule has 6 heteroatoms. The summed E-state index contributed by atoms with van der Waals surface area (Å²) < 4.78 is 5.69. The van der Waals surface area contributed by atoms with Crippen molar-refractivity contribution in [2.24, 2.45) is 5.41 Å². The highest BCUT2D eigenvalue weighted by Gasteiger charge is 2.52. The lowest BCUT2D eigenvalue weighted by Crippen LogP contribution is -2.54. The molecule has 0 aromatic heterocycles. The fourth-order valence-electron chi connectivity index (χ4n) is 3.32. The van der Waals surface area contributed by atoms with Gasteiger partial charge < -0.3 is 4.74 Å². The van der Waals surface area contributed by atoms with Crippen molar-refractivity contribution in [2.75, 3.05) is 0 Å². The Kier molecular flexibility index (Phi) is 4.60. The van der Waals surface area contributed by atoms with Gasteiger partial charge in [0.1, 0.15) is 0 Å². The molecule has 0 fully saturated rings. The molecule has 24 heavy (non-hydrogen) atoms. The summed E-state index contributed by atoms with van der Waals surface area (Å²) in [5.41, 5.74) is -0.626. The number of hydrogen-bond donors (Lipinski definition) is 0. The molecule has 0 spiro atoms. The van der Waals surface area contributed by atoms with Gasteiger partial charge in [0.2, 0.25) is 0 Å². The van der Waals surface area contributed by atoms with Crippen LogP contribution in [0, 0.1) is 15.5 Å². The number of carbonyl (C=O) groups is 2. The lowest BCUT2D eigenvalue weighted by molar-refractivity contribution is -0.384. The minimum atomic E-state index is -1.23. The fourth-order valence-corrected chi connectivity index (χ4v) is 3.32. The number of ketones is 1. The molecule has 1 aliphatic carbocycles. The number of carbonyl (C=O) groups excluding carboxylic acids is 2. The van der Waals surface area contributed by atoms with Crippen LogP contribution in [0.3, 0.4) is 0 Å². The third kappa shape index (κ3) is 3.09. The minimum absolute atomic E-state index is 0.107. The zero-order chi connectivity index (χ0) is 18.1.